The SMILES string of the molecule is C=CCCCC12OCC(C)(C)N1O2. The molecule has 0 aromatic rings. The van der Waals surface area contributed by atoms with E-state index in [-0.39, 0.29) is 11.4 Å². The van der Waals surface area contributed by atoms with Crippen molar-refractivity contribution in [3.05, 3.63) is 12.7 Å². The molecule has 0 aromatic heterocycles. The summed E-state index contributed by atoms with van der Waals surface area (Å²) in [6.07, 6.45) is 4.99. The van der Waals surface area contributed by atoms with Crippen LogP contribution in [0.25, 0.3) is 0 Å². The molecule has 0 bridgehead atoms. The molecule has 2 heterocycles. The van der Waals surface area contributed by atoms with Crippen molar-refractivity contribution in [2.45, 2.75) is 44.6 Å². The number of rotatable bonds is 4. The molecule has 0 N–H and O–H groups in total. The van der Waals surface area contributed by atoms with Crippen LogP contribution in [-0.4, -0.2) is 23.1 Å². The lowest BCUT2D eigenvalue weighted by Crippen LogP contribution is -2.30. The highest BCUT2D eigenvalue weighted by atomic mass is 17.0. The van der Waals surface area contributed by atoms with Gasteiger partial charge in [0.2, 0.25) is 0 Å². The molecule has 13 heavy (non-hydrogen) atoms. The van der Waals surface area contributed by atoms with Crippen molar-refractivity contribution < 1.29 is 9.57 Å². The van der Waals surface area contributed by atoms with Crippen LogP contribution in [0, 0.1) is 0 Å². The topological polar surface area (TPSA) is 24.8 Å². The van der Waals surface area contributed by atoms with Crippen molar-refractivity contribution in [3.8, 4) is 0 Å². The standard InChI is InChI=1S/C10H17NO2/c1-4-5-6-7-10-11(13-10)9(2,3)8-12-10/h4H,1,5-8H2,2-3H3. The largest absolute Gasteiger partial charge is 0.333 e. The summed E-state index contributed by atoms with van der Waals surface area (Å²) in [5.74, 6) is -0.369. The molecule has 0 saturated carbocycles. The first kappa shape index (κ1) is 9.19. The van der Waals surface area contributed by atoms with Gasteiger partial charge in [0, 0.05) is 6.42 Å². The Labute approximate surface area is 79.3 Å². The second-order valence-electron chi connectivity index (χ2n) is 4.38. The van der Waals surface area contributed by atoms with Gasteiger partial charge in [0.05, 0.1) is 12.1 Å². The number of allylic oxidation sites excluding steroid dienone is 1. The molecule has 2 atom stereocenters. The Morgan fingerprint density at radius 1 is 1.54 bits per heavy atom. The van der Waals surface area contributed by atoms with Crippen LogP contribution >= 0.6 is 0 Å². The van der Waals surface area contributed by atoms with Crippen molar-refractivity contribution in [1.29, 1.82) is 0 Å². The van der Waals surface area contributed by atoms with E-state index >= 15 is 0 Å². The summed E-state index contributed by atoms with van der Waals surface area (Å²) in [6.45, 7) is 8.73. The molecule has 2 rings (SSSR count). The van der Waals surface area contributed by atoms with Crippen LogP contribution in [-0.2, 0) is 9.57 Å². The van der Waals surface area contributed by atoms with Crippen molar-refractivity contribution in [3.63, 3.8) is 0 Å². The summed E-state index contributed by atoms with van der Waals surface area (Å²) < 4.78 is 5.65. The van der Waals surface area contributed by atoms with E-state index in [9.17, 15) is 0 Å². The predicted octanol–water partition coefficient (Wildman–Crippen LogP) is 2.05. The molecule has 2 aliphatic heterocycles. The smallest absolute Gasteiger partial charge is 0.270 e. The Kier molecular flexibility index (Phi) is 1.98. The van der Waals surface area contributed by atoms with E-state index in [0.717, 1.165) is 25.9 Å². The molecule has 2 unspecified atom stereocenters. The molecule has 0 aromatic carbocycles. The number of fused-ring (bicyclic) bond motifs is 1. The number of hydrogen-bond acceptors (Lipinski definition) is 3. The fourth-order valence-corrected chi connectivity index (χ4v) is 1.83. The lowest BCUT2D eigenvalue weighted by Gasteiger charge is -2.15. The summed E-state index contributed by atoms with van der Waals surface area (Å²) in [7, 11) is 0. The summed E-state index contributed by atoms with van der Waals surface area (Å²) in [4.78, 5) is 5.48. The summed E-state index contributed by atoms with van der Waals surface area (Å²) in [5.41, 5.74) is 0.0498. The highest BCUT2D eigenvalue weighted by molar-refractivity contribution is 4.96. The van der Waals surface area contributed by atoms with E-state index < -0.39 is 0 Å². The zero-order chi connectivity index (χ0) is 9.53. The predicted molar refractivity (Wildman–Crippen MR) is 49.7 cm³/mol. The second kappa shape index (κ2) is 2.80. The summed E-state index contributed by atoms with van der Waals surface area (Å²) in [6, 6.07) is 0. The Morgan fingerprint density at radius 2 is 2.31 bits per heavy atom. The van der Waals surface area contributed by atoms with Crippen molar-refractivity contribution in [1.82, 2.24) is 5.06 Å². The van der Waals surface area contributed by atoms with Gasteiger partial charge in [0.15, 0.2) is 0 Å². The van der Waals surface area contributed by atoms with Crippen LogP contribution in [0.3, 0.4) is 0 Å². The van der Waals surface area contributed by atoms with Crippen LogP contribution in [0.4, 0.5) is 0 Å². The number of hydrogen-bond donors (Lipinski definition) is 0. The van der Waals surface area contributed by atoms with Crippen LogP contribution < -0.4 is 0 Å². The van der Waals surface area contributed by atoms with Gasteiger partial charge in [0.25, 0.3) is 5.91 Å². The van der Waals surface area contributed by atoms with Gasteiger partial charge in [-0.3, -0.25) is 0 Å². The molecule has 0 aliphatic carbocycles. The maximum atomic E-state index is 5.65. The Bertz CT molecular complexity index is 227. The number of ether oxygens (including phenoxy) is 1. The molecular weight excluding hydrogens is 166 g/mol. The van der Waals surface area contributed by atoms with Crippen LogP contribution in [0.1, 0.15) is 33.1 Å². The average molecular weight is 183 g/mol. The Morgan fingerprint density at radius 3 is 2.77 bits per heavy atom. The van der Waals surface area contributed by atoms with E-state index in [1.165, 1.54) is 0 Å². The summed E-state index contributed by atoms with van der Waals surface area (Å²) >= 11 is 0. The first-order valence-electron chi connectivity index (χ1n) is 4.85. The van der Waals surface area contributed by atoms with Crippen LogP contribution in [0.5, 0.6) is 0 Å². The molecule has 2 fully saturated rings. The lowest BCUT2D eigenvalue weighted by molar-refractivity contribution is -0.0664. The first-order valence-corrected chi connectivity index (χ1v) is 4.85. The van der Waals surface area contributed by atoms with Gasteiger partial charge in [-0.15, -0.1) is 11.6 Å². The van der Waals surface area contributed by atoms with Gasteiger partial charge >= 0.3 is 0 Å². The van der Waals surface area contributed by atoms with E-state index in [4.69, 9.17) is 9.57 Å². The molecule has 2 aliphatic rings. The third-order valence-electron chi connectivity index (χ3n) is 2.61. The maximum absolute atomic E-state index is 5.65. The van der Waals surface area contributed by atoms with Gasteiger partial charge in [-0.05, 0) is 26.7 Å². The van der Waals surface area contributed by atoms with Crippen LogP contribution in [0.2, 0.25) is 0 Å². The number of nitrogens with zero attached hydrogens (tertiary/aromatic N) is 1. The van der Waals surface area contributed by atoms with Gasteiger partial charge < -0.3 is 4.74 Å². The van der Waals surface area contributed by atoms with Crippen LogP contribution in [0.15, 0.2) is 12.7 Å². The minimum absolute atomic E-state index is 0.0498. The fourth-order valence-electron chi connectivity index (χ4n) is 1.83. The second-order valence-corrected chi connectivity index (χ2v) is 4.38. The van der Waals surface area contributed by atoms with E-state index in [2.05, 4.69) is 20.4 Å². The third-order valence-corrected chi connectivity index (χ3v) is 2.61. The maximum Gasteiger partial charge on any atom is 0.270 e. The Hall–Kier alpha value is -0.380. The highest BCUT2D eigenvalue weighted by Gasteiger charge is 2.67. The summed E-state index contributed by atoms with van der Waals surface area (Å²) in [5, 5.41) is 1.98. The van der Waals surface area contributed by atoms with E-state index in [1.807, 2.05) is 11.1 Å². The van der Waals surface area contributed by atoms with E-state index in [0.29, 0.717) is 0 Å². The molecule has 74 valence electrons. The van der Waals surface area contributed by atoms with Gasteiger partial charge in [-0.1, -0.05) is 6.08 Å². The first-order chi connectivity index (χ1) is 6.11. The monoisotopic (exact) mass is 183 g/mol. The minimum atomic E-state index is -0.369. The van der Waals surface area contributed by atoms with Crippen molar-refractivity contribution >= 4 is 0 Å². The molecule has 0 radical (unpaired) electrons. The molecule has 2 saturated heterocycles. The highest BCUT2D eigenvalue weighted by Crippen LogP contribution is 2.51. The van der Waals surface area contributed by atoms with Gasteiger partial charge in [-0.25, -0.2) is 4.84 Å². The quantitative estimate of drug-likeness (QED) is 0.379. The number of unbranched alkanes of at least 4 members (excludes halogenated alkanes) is 1. The average Bonchev–Trinajstić information content (AvgIpc) is 2.73. The fraction of sp³-hybridized carbons (Fsp3) is 0.800. The normalized spacial score (nSPS) is 40.0. The van der Waals surface area contributed by atoms with E-state index in [1.54, 1.807) is 0 Å². The minimum Gasteiger partial charge on any atom is -0.333 e. The molecule has 0 amide bonds. The molecular formula is C10H17NO2. The molecule has 3 nitrogen and oxygen atoms in total. The molecule has 3 heteroatoms. The molecule has 0 spiro atoms. The zero-order valence-electron chi connectivity index (χ0n) is 8.38. The van der Waals surface area contributed by atoms with Crippen molar-refractivity contribution in [2.24, 2.45) is 0 Å². The van der Waals surface area contributed by atoms with Gasteiger partial charge in [-0.2, -0.15) is 0 Å². The zero-order valence-corrected chi connectivity index (χ0v) is 8.38. The van der Waals surface area contributed by atoms with Crippen molar-refractivity contribution in [2.75, 3.05) is 6.61 Å². The van der Waals surface area contributed by atoms with Gasteiger partial charge in [0.1, 0.15) is 0 Å². The Balaban J connectivity index is 1.86. The lowest BCUT2D eigenvalue weighted by atomic mass is 10.1. The third kappa shape index (κ3) is 1.41. The number of hydroxylamine groups is 2.